The van der Waals surface area contributed by atoms with Gasteiger partial charge in [0.05, 0.1) is 18.4 Å². The van der Waals surface area contributed by atoms with Crippen LogP contribution < -0.4 is 10.1 Å². The first kappa shape index (κ1) is 23.6. The van der Waals surface area contributed by atoms with Gasteiger partial charge in [0, 0.05) is 37.6 Å². The number of nitrogens with zero attached hydrogens (tertiary/aromatic N) is 2. The third kappa shape index (κ3) is 6.50. The van der Waals surface area contributed by atoms with Crippen molar-refractivity contribution < 1.29 is 18.7 Å². The first-order valence-electron chi connectivity index (χ1n) is 11.3. The smallest absolute Gasteiger partial charge is 0.248 e. The summed E-state index contributed by atoms with van der Waals surface area (Å²) in [5.74, 6) is -0.267. The molecule has 2 atom stereocenters. The second kappa shape index (κ2) is 11.0. The lowest BCUT2D eigenvalue weighted by Gasteiger charge is -2.35. The summed E-state index contributed by atoms with van der Waals surface area (Å²) in [6, 6.07) is 15.7. The first-order chi connectivity index (χ1) is 16.5. The SMILES string of the molecule is CC1CN(Cc2ccccc2NC(=O)/C=C/c2ccc(Oc3cccnc3)c(F)c2)CC(C)O1. The number of pyridine rings is 1. The molecule has 0 aliphatic carbocycles. The van der Waals surface area contributed by atoms with Crippen molar-refractivity contribution in [3.8, 4) is 11.5 Å². The molecular formula is C27H28FN3O3. The topological polar surface area (TPSA) is 63.7 Å². The number of halogens is 1. The Bertz CT molecular complexity index is 1140. The van der Waals surface area contributed by atoms with E-state index in [-0.39, 0.29) is 23.9 Å². The number of morpholine rings is 1. The molecule has 2 heterocycles. The van der Waals surface area contributed by atoms with Crippen LogP contribution in [0.1, 0.15) is 25.0 Å². The molecule has 1 aromatic heterocycles. The number of nitrogens with one attached hydrogen (secondary N) is 1. The number of amides is 1. The normalized spacial score (nSPS) is 18.7. The van der Waals surface area contributed by atoms with Gasteiger partial charge in [-0.3, -0.25) is 14.7 Å². The summed E-state index contributed by atoms with van der Waals surface area (Å²) in [4.78, 5) is 18.8. The Morgan fingerprint density at radius 1 is 1.18 bits per heavy atom. The van der Waals surface area contributed by atoms with Gasteiger partial charge in [0.15, 0.2) is 11.6 Å². The number of ether oxygens (including phenoxy) is 2. The van der Waals surface area contributed by atoms with E-state index < -0.39 is 5.82 Å². The molecule has 0 radical (unpaired) electrons. The Labute approximate surface area is 199 Å². The molecule has 1 fully saturated rings. The molecule has 176 valence electrons. The average molecular weight is 462 g/mol. The lowest BCUT2D eigenvalue weighted by Crippen LogP contribution is -2.44. The molecule has 1 aliphatic heterocycles. The second-order valence-electron chi connectivity index (χ2n) is 8.41. The Balaban J connectivity index is 1.38. The molecule has 0 bridgehead atoms. The van der Waals surface area contributed by atoms with Gasteiger partial charge in [-0.2, -0.15) is 0 Å². The summed E-state index contributed by atoms with van der Waals surface area (Å²) < 4.78 is 25.8. The van der Waals surface area contributed by atoms with E-state index in [0.29, 0.717) is 11.3 Å². The van der Waals surface area contributed by atoms with E-state index >= 15 is 0 Å². The van der Waals surface area contributed by atoms with Crippen LogP contribution in [0.4, 0.5) is 10.1 Å². The Morgan fingerprint density at radius 3 is 2.71 bits per heavy atom. The Hall–Kier alpha value is -3.55. The Morgan fingerprint density at radius 2 is 1.97 bits per heavy atom. The van der Waals surface area contributed by atoms with Crippen LogP contribution in [-0.4, -0.2) is 41.1 Å². The molecule has 1 amide bonds. The average Bonchev–Trinajstić information content (AvgIpc) is 2.81. The molecule has 3 aromatic rings. The van der Waals surface area contributed by atoms with E-state index in [0.717, 1.165) is 30.9 Å². The van der Waals surface area contributed by atoms with Crippen molar-refractivity contribution in [2.75, 3.05) is 18.4 Å². The molecule has 34 heavy (non-hydrogen) atoms. The molecule has 6 nitrogen and oxygen atoms in total. The highest BCUT2D eigenvalue weighted by molar-refractivity contribution is 6.02. The van der Waals surface area contributed by atoms with E-state index in [1.807, 2.05) is 24.3 Å². The van der Waals surface area contributed by atoms with Gasteiger partial charge < -0.3 is 14.8 Å². The minimum Gasteiger partial charge on any atom is -0.453 e. The minimum absolute atomic E-state index is 0.0929. The molecule has 1 saturated heterocycles. The van der Waals surface area contributed by atoms with Crippen LogP contribution in [0.3, 0.4) is 0 Å². The summed E-state index contributed by atoms with van der Waals surface area (Å²) in [6.45, 7) is 6.56. The maximum Gasteiger partial charge on any atom is 0.248 e. The number of carbonyl (C=O) groups is 1. The van der Waals surface area contributed by atoms with Crippen molar-refractivity contribution in [3.05, 3.63) is 90.0 Å². The predicted octanol–water partition coefficient (Wildman–Crippen LogP) is 5.27. The van der Waals surface area contributed by atoms with Gasteiger partial charge in [0.25, 0.3) is 0 Å². The van der Waals surface area contributed by atoms with Gasteiger partial charge in [0.1, 0.15) is 5.75 Å². The highest BCUT2D eigenvalue weighted by atomic mass is 19.1. The van der Waals surface area contributed by atoms with E-state index in [4.69, 9.17) is 9.47 Å². The third-order valence-electron chi connectivity index (χ3n) is 5.41. The van der Waals surface area contributed by atoms with Gasteiger partial charge in [-0.25, -0.2) is 4.39 Å². The lowest BCUT2D eigenvalue weighted by molar-refractivity contribution is -0.111. The number of aromatic nitrogens is 1. The van der Waals surface area contributed by atoms with Gasteiger partial charge in [-0.1, -0.05) is 24.3 Å². The molecule has 7 heteroatoms. The van der Waals surface area contributed by atoms with E-state index in [1.165, 1.54) is 24.4 Å². The van der Waals surface area contributed by atoms with Crippen LogP contribution in [0.5, 0.6) is 11.5 Å². The zero-order chi connectivity index (χ0) is 23.9. The van der Waals surface area contributed by atoms with Crippen molar-refractivity contribution >= 4 is 17.7 Å². The third-order valence-corrected chi connectivity index (χ3v) is 5.41. The summed E-state index contributed by atoms with van der Waals surface area (Å²) in [6.07, 6.45) is 6.44. The quantitative estimate of drug-likeness (QED) is 0.486. The van der Waals surface area contributed by atoms with Gasteiger partial charge in [-0.05, 0) is 61.4 Å². The molecule has 2 unspecified atom stereocenters. The molecule has 0 saturated carbocycles. The maximum atomic E-state index is 14.4. The van der Waals surface area contributed by atoms with Crippen molar-refractivity contribution in [2.24, 2.45) is 0 Å². The number of benzene rings is 2. The van der Waals surface area contributed by atoms with Crippen LogP contribution in [0.2, 0.25) is 0 Å². The van der Waals surface area contributed by atoms with Gasteiger partial charge in [0.2, 0.25) is 5.91 Å². The fraction of sp³-hybridized carbons (Fsp3) is 0.259. The largest absolute Gasteiger partial charge is 0.453 e. The predicted molar refractivity (Wildman–Crippen MR) is 130 cm³/mol. The van der Waals surface area contributed by atoms with Gasteiger partial charge in [-0.15, -0.1) is 0 Å². The number of hydrogen-bond donors (Lipinski definition) is 1. The number of anilines is 1. The van der Waals surface area contributed by atoms with Crippen molar-refractivity contribution in [1.82, 2.24) is 9.88 Å². The number of carbonyl (C=O) groups excluding carboxylic acids is 1. The zero-order valence-corrected chi connectivity index (χ0v) is 19.3. The lowest BCUT2D eigenvalue weighted by atomic mass is 10.1. The van der Waals surface area contributed by atoms with E-state index in [9.17, 15) is 9.18 Å². The van der Waals surface area contributed by atoms with Crippen molar-refractivity contribution in [2.45, 2.75) is 32.6 Å². The molecular weight excluding hydrogens is 433 g/mol. The van der Waals surface area contributed by atoms with Crippen LogP contribution in [-0.2, 0) is 16.1 Å². The monoisotopic (exact) mass is 461 g/mol. The molecule has 1 N–H and O–H groups in total. The van der Waals surface area contributed by atoms with E-state index in [1.54, 1.807) is 30.5 Å². The molecule has 4 rings (SSSR count). The molecule has 2 aromatic carbocycles. The standard InChI is InChI=1S/C27H28FN3O3/c1-19-16-31(17-20(2)33-19)18-22-6-3-4-8-25(22)30-27(32)12-10-21-9-11-26(24(28)14-21)34-23-7-5-13-29-15-23/h3-15,19-20H,16-18H2,1-2H3,(H,30,32)/b12-10+. The zero-order valence-electron chi connectivity index (χ0n) is 19.3. The summed E-state index contributed by atoms with van der Waals surface area (Å²) >= 11 is 0. The fourth-order valence-corrected chi connectivity index (χ4v) is 4.02. The highest BCUT2D eigenvalue weighted by Gasteiger charge is 2.22. The summed E-state index contributed by atoms with van der Waals surface area (Å²) in [5.41, 5.74) is 2.35. The van der Waals surface area contributed by atoms with Crippen molar-refractivity contribution in [1.29, 1.82) is 0 Å². The van der Waals surface area contributed by atoms with Gasteiger partial charge >= 0.3 is 0 Å². The van der Waals surface area contributed by atoms with E-state index in [2.05, 4.69) is 29.0 Å². The van der Waals surface area contributed by atoms with Crippen LogP contribution >= 0.6 is 0 Å². The van der Waals surface area contributed by atoms with Crippen LogP contribution in [0.15, 0.2) is 73.1 Å². The molecule has 0 spiro atoms. The van der Waals surface area contributed by atoms with Crippen LogP contribution in [0, 0.1) is 5.82 Å². The maximum absolute atomic E-state index is 14.4. The fourth-order valence-electron chi connectivity index (χ4n) is 4.02. The number of hydrogen-bond acceptors (Lipinski definition) is 5. The summed E-state index contributed by atoms with van der Waals surface area (Å²) in [7, 11) is 0. The minimum atomic E-state index is -0.522. The van der Waals surface area contributed by atoms with Crippen LogP contribution in [0.25, 0.3) is 6.08 Å². The Kier molecular flexibility index (Phi) is 7.67. The first-order valence-corrected chi connectivity index (χ1v) is 11.3. The number of rotatable bonds is 7. The summed E-state index contributed by atoms with van der Waals surface area (Å²) in [5, 5.41) is 2.94. The molecule has 1 aliphatic rings. The number of para-hydroxylation sites is 1. The highest BCUT2D eigenvalue weighted by Crippen LogP contribution is 2.25. The second-order valence-corrected chi connectivity index (χ2v) is 8.41. The van der Waals surface area contributed by atoms with Crippen molar-refractivity contribution in [3.63, 3.8) is 0 Å².